The van der Waals surface area contributed by atoms with E-state index in [0.29, 0.717) is 34.8 Å². The van der Waals surface area contributed by atoms with Crippen LogP contribution < -0.4 is 16.0 Å². The van der Waals surface area contributed by atoms with E-state index in [1.807, 2.05) is 55.5 Å². The second-order valence-corrected chi connectivity index (χ2v) is 10.5. The zero-order chi connectivity index (χ0) is 25.8. The maximum absolute atomic E-state index is 13.0. The second-order valence-electron chi connectivity index (χ2n) is 10.5. The van der Waals surface area contributed by atoms with Crippen LogP contribution in [0.2, 0.25) is 0 Å². The summed E-state index contributed by atoms with van der Waals surface area (Å²) in [6.45, 7) is 2.00. The molecule has 0 aromatic heterocycles. The van der Waals surface area contributed by atoms with Gasteiger partial charge in [-0.2, -0.15) is 0 Å². The van der Waals surface area contributed by atoms with E-state index in [1.54, 1.807) is 18.2 Å². The Morgan fingerprint density at radius 1 is 0.811 bits per heavy atom. The molecule has 2 amide bonds. The van der Waals surface area contributed by atoms with Gasteiger partial charge in [0.25, 0.3) is 0 Å². The number of urea groups is 1. The van der Waals surface area contributed by atoms with Crippen LogP contribution in [0.1, 0.15) is 60.9 Å². The quantitative estimate of drug-likeness (QED) is 0.256. The smallest absolute Gasteiger partial charge is 0.336 e. The summed E-state index contributed by atoms with van der Waals surface area (Å²) in [4.78, 5) is 24.9. The molecule has 0 spiro atoms. The Bertz CT molecular complexity index is 1260. The minimum Gasteiger partial charge on any atom is -0.478 e. The van der Waals surface area contributed by atoms with Crippen molar-refractivity contribution in [2.45, 2.75) is 57.9 Å². The summed E-state index contributed by atoms with van der Waals surface area (Å²) in [7, 11) is 0. The Kier molecular flexibility index (Phi) is 7.45. The maximum atomic E-state index is 13.0. The molecule has 1 unspecified atom stereocenters. The molecule has 0 aliphatic heterocycles. The Morgan fingerprint density at radius 3 is 2.22 bits per heavy atom. The van der Waals surface area contributed by atoms with Gasteiger partial charge >= 0.3 is 12.0 Å². The first-order valence-corrected chi connectivity index (χ1v) is 13.4. The average Bonchev–Trinajstić information content (AvgIpc) is 3.75. The number of nitrogens with one attached hydrogen (secondary N) is 3. The molecule has 6 heteroatoms. The molecule has 37 heavy (non-hydrogen) atoms. The first kappa shape index (κ1) is 24.9. The molecule has 1 atom stereocenters. The number of anilines is 3. The lowest BCUT2D eigenvalue weighted by molar-refractivity contribution is 0.0697. The second kappa shape index (κ2) is 11.1. The molecule has 2 fully saturated rings. The van der Waals surface area contributed by atoms with Gasteiger partial charge in [0.15, 0.2) is 0 Å². The van der Waals surface area contributed by atoms with E-state index in [1.165, 1.54) is 44.9 Å². The Balaban J connectivity index is 1.45. The number of carboxylic acid groups (broad SMARTS) is 1. The number of benzene rings is 3. The van der Waals surface area contributed by atoms with Gasteiger partial charge in [0.05, 0.1) is 16.9 Å². The zero-order valence-electron chi connectivity index (χ0n) is 21.3. The minimum atomic E-state index is -0.976. The Morgan fingerprint density at radius 2 is 1.51 bits per heavy atom. The fraction of sp³-hybridized carbons (Fsp3) is 0.355. The highest BCUT2D eigenvalue weighted by Crippen LogP contribution is 2.43. The van der Waals surface area contributed by atoms with E-state index in [0.717, 1.165) is 16.8 Å². The molecule has 2 aliphatic rings. The summed E-state index contributed by atoms with van der Waals surface area (Å²) in [6.07, 6.45) is 8.86. The molecule has 0 heterocycles. The predicted octanol–water partition coefficient (Wildman–Crippen LogP) is 7.78. The van der Waals surface area contributed by atoms with Crippen LogP contribution in [0.25, 0.3) is 11.1 Å². The summed E-state index contributed by atoms with van der Waals surface area (Å²) in [5, 5.41) is 19.5. The monoisotopic (exact) mass is 497 g/mol. The van der Waals surface area contributed by atoms with Crippen molar-refractivity contribution in [3.8, 4) is 11.1 Å². The van der Waals surface area contributed by atoms with E-state index in [-0.39, 0.29) is 11.6 Å². The molecule has 3 aromatic carbocycles. The lowest BCUT2D eigenvalue weighted by Crippen LogP contribution is -2.33. The highest BCUT2D eigenvalue weighted by molar-refractivity contribution is 6.03. The summed E-state index contributed by atoms with van der Waals surface area (Å²) >= 11 is 0. The first-order chi connectivity index (χ1) is 18.0. The number of aromatic carboxylic acids is 1. The van der Waals surface area contributed by atoms with Gasteiger partial charge < -0.3 is 21.1 Å². The van der Waals surface area contributed by atoms with Crippen molar-refractivity contribution in [3.63, 3.8) is 0 Å². The number of carboxylic acids is 1. The van der Waals surface area contributed by atoms with Crippen LogP contribution >= 0.6 is 0 Å². The Hall–Kier alpha value is -3.80. The fourth-order valence-corrected chi connectivity index (χ4v) is 5.53. The molecule has 192 valence electrons. The number of rotatable bonds is 8. The van der Waals surface area contributed by atoms with Gasteiger partial charge in [-0.05, 0) is 85.9 Å². The third-order valence-electron chi connectivity index (χ3n) is 7.66. The van der Waals surface area contributed by atoms with Gasteiger partial charge in [-0.15, -0.1) is 0 Å². The number of hydrogen-bond donors (Lipinski definition) is 4. The van der Waals surface area contributed by atoms with E-state index in [9.17, 15) is 14.7 Å². The molecule has 0 bridgehead atoms. The van der Waals surface area contributed by atoms with E-state index in [2.05, 4.69) is 16.0 Å². The standard InChI is InChI=1S/C31H35N3O3/c1-20-11-16-24(17-12-20)32-31(37)34-28-19-23(25-9-5-6-10-26(25)30(35)36)15-18-27(28)33-29(22-13-14-22)21-7-3-2-4-8-21/h5-6,9-12,15-19,21-22,29,33H,2-4,7-8,13-14H2,1H3,(H,35,36)(H2,32,34,37). The molecule has 0 saturated heterocycles. The highest BCUT2D eigenvalue weighted by atomic mass is 16.4. The highest BCUT2D eigenvalue weighted by Gasteiger charge is 2.37. The van der Waals surface area contributed by atoms with Gasteiger partial charge in [-0.3, -0.25) is 0 Å². The molecule has 2 aliphatic carbocycles. The lowest BCUT2D eigenvalue weighted by atomic mass is 9.82. The van der Waals surface area contributed by atoms with Gasteiger partial charge in [0.1, 0.15) is 0 Å². The van der Waals surface area contributed by atoms with Crippen LogP contribution in [0.5, 0.6) is 0 Å². The first-order valence-electron chi connectivity index (χ1n) is 13.4. The van der Waals surface area contributed by atoms with Gasteiger partial charge in [-0.1, -0.05) is 61.2 Å². The Labute approximate surface area is 218 Å². The SMILES string of the molecule is Cc1ccc(NC(=O)Nc2cc(-c3ccccc3C(=O)O)ccc2NC(C2CCCCC2)C2CC2)cc1. The molecular formula is C31H35N3O3. The van der Waals surface area contributed by atoms with Gasteiger partial charge in [0, 0.05) is 11.7 Å². The molecule has 5 rings (SSSR count). The molecule has 0 radical (unpaired) electrons. The zero-order valence-corrected chi connectivity index (χ0v) is 21.3. The third kappa shape index (κ3) is 6.13. The summed E-state index contributed by atoms with van der Waals surface area (Å²) in [5.74, 6) is 0.336. The van der Waals surface area contributed by atoms with E-state index < -0.39 is 5.97 Å². The van der Waals surface area contributed by atoms with Crippen LogP contribution in [0.15, 0.2) is 66.7 Å². The van der Waals surface area contributed by atoms with Crippen molar-refractivity contribution >= 4 is 29.1 Å². The number of carbonyl (C=O) groups excluding carboxylic acids is 1. The van der Waals surface area contributed by atoms with Crippen molar-refractivity contribution < 1.29 is 14.7 Å². The summed E-state index contributed by atoms with van der Waals surface area (Å²) in [6, 6.07) is 20.5. The van der Waals surface area contributed by atoms with Crippen LogP contribution in [-0.2, 0) is 0 Å². The minimum absolute atomic E-state index is 0.233. The maximum Gasteiger partial charge on any atom is 0.336 e. The van der Waals surface area contributed by atoms with Gasteiger partial charge in [-0.25, -0.2) is 9.59 Å². The van der Waals surface area contributed by atoms with Crippen molar-refractivity contribution in [3.05, 3.63) is 77.9 Å². The summed E-state index contributed by atoms with van der Waals surface area (Å²) in [5.41, 5.74) is 4.95. The molecule has 3 aromatic rings. The third-order valence-corrected chi connectivity index (χ3v) is 7.66. The van der Waals surface area contributed by atoms with Crippen LogP contribution in [-0.4, -0.2) is 23.1 Å². The molecule has 2 saturated carbocycles. The van der Waals surface area contributed by atoms with Crippen molar-refractivity contribution in [1.82, 2.24) is 0 Å². The van der Waals surface area contributed by atoms with Gasteiger partial charge in [0.2, 0.25) is 0 Å². The largest absolute Gasteiger partial charge is 0.478 e. The molecule has 4 N–H and O–H groups in total. The van der Waals surface area contributed by atoms with Crippen molar-refractivity contribution in [2.75, 3.05) is 16.0 Å². The van der Waals surface area contributed by atoms with E-state index >= 15 is 0 Å². The number of hydrogen-bond acceptors (Lipinski definition) is 3. The van der Waals surface area contributed by atoms with Crippen molar-refractivity contribution in [1.29, 1.82) is 0 Å². The summed E-state index contributed by atoms with van der Waals surface area (Å²) < 4.78 is 0. The van der Waals surface area contributed by atoms with Crippen LogP contribution in [0.4, 0.5) is 21.9 Å². The molecular weight excluding hydrogens is 462 g/mol. The number of carbonyl (C=O) groups is 2. The number of amides is 2. The topological polar surface area (TPSA) is 90.5 Å². The molecule has 6 nitrogen and oxygen atoms in total. The van der Waals surface area contributed by atoms with E-state index in [4.69, 9.17) is 0 Å². The van der Waals surface area contributed by atoms with Crippen LogP contribution in [0.3, 0.4) is 0 Å². The van der Waals surface area contributed by atoms with Crippen molar-refractivity contribution in [2.24, 2.45) is 11.8 Å². The van der Waals surface area contributed by atoms with Crippen LogP contribution in [0, 0.1) is 18.8 Å². The number of aryl methyl sites for hydroxylation is 1. The fourth-order valence-electron chi connectivity index (χ4n) is 5.53. The predicted molar refractivity (Wildman–Crippen MR) is 149 cm³/mol. The normalized spacial score (nSPS) is 16.6. The average molecular weight is 498 g/mol. The lowest BCUT2D eigenvalue weighted by Gasteiger charge is -2.32.